The lowest BCUT2D eigenvalue weighted by Crippen LogP contribution is -2.50. The van der Waals surface area contributed by atoms with E-state index in [0.717, 1.165) is 11.3 Å². The van der Waals surface area contributed by atoms with Crippen LogP contribution in [0.4, 0.5) is 0 Å². The zero-order valence-electron chi connectivity index (χ0n) is 12.5. The van der Waals surface area contributed by atoms with E-state index in [0.29, 0.717) is 27.3 Å². The molecule has 2 heterocycles. The minimum absolute atomic E-state index is 0.222. The number of carbonyl (C=O) groups is 1. The molecule has 128 valence electrons. The quantitative estimate of drug-likeness (QED) is 0.788. The Labute approximate surface area is 154 Å². The van der Waals surface area contributed by atoms with Gasteiger partial charge in [0.05, 0.1) is 14.8 Å². The fraction of sp³-hybridized carbons (Fsp3) is 0.267. The Bertz CT molecular complexity index is 845. The number of nitrogens with zero attached hydrogens (tertiary/aromatic N) is 2. The van der Waals surface area contributed by atoms with Gasteiger partial charge in [0.25, 0.3) is 5.91 Å². The fourth-order valence-electron chi connectivity index (χ4n) is 2.53. The SMILES string of the molecule is O=C(c1cc(Cl)sc1Cl)N1CCN(S(=O)(=O)c2ccccc2)CC1. The van der Waals surface area contributed by atoms with Gasteiger partial charge in [0.2, 0.25) is 10.0 Å². The first kappa shape index (κ1) is 17.7. The Balaban J connectivity index is 1.70. The highest BCUT2D eigenvalue weighted by Gasteiger charge is 2.31. The molecule has 0 atom stereocenters. The Morgan fingerprint density at radius 2 is 1.67 bits per heavy atom. The lowest BCUT2D eigenvalue weighted by molar-refractivity contribution is 0.0698. The van der Waals surface area contributed by atoms with Gasteiger partial charge in [-0.1, -0.05) is 41.4 Å². The average molecular weight is 405 g/mol. The number of hydrogen-bond donors (Lipinski definition) is 0. The maximum atomic E-state index is 12.6. The monoisotopic (exact) mass is 404 g/mol. The standard InChI is InChI=1S/C15H14Cl2N2O3S2/c16-13-10-12(14(17)23-13)15(20)18-6-8-19(9-7-18)24(21,22)11-4-2-1-3-5-11/h1-5,10H,6-9H2. The molecule has 1 amide bonds. The molecule has 1 saturated heterocycles. The maximum absolute atomic E-state index is 12.6. The summed E-state index contributed by atoms with van der Waals surface area (Å²) in [5, 5.41) is 0. The van der Waals surface area contributed by atoms with Gasteiger partial charge >= 0.3 is 0 Å². The van der Waals surface area contributed by atoms with Gasteiger partial charge < -0.3 is 4.90 Å². The molecular weight excluding hydrogens is 391 g/mol. The summed E-state index contributed by atoms with van der Waals surface area (Å²) in [5.41, 5.74) is 0.367. The molecule has 2 aromatic rings. The van der Waals surface area contributed by atoms with Gasteiger partial charge in [0.15, 0.2) is 0 Å². The van der Waals surface area contributed by atoms with Gasteiger partial charge in [-0.3, -0.25) is 4.79 Å². The first-order valence-electron chi connectivity index (χ1n) is 7.19. The molecule has 0 bridgehead atoms. The average Bonchev–Trinajstić information content (AvgIpc) is 2.93. The third-order valence-corrected chi connectivity index (χ3v) is 7.19. The number of piperazine rings is 1. The predicted octanol–water partition coefficient (Wildman–Crippen LogP) is 3.20. The van der Waals surface area contributed by atoms with Crippen LogP contribution in [0.3, 0.4) is 0 Å². The zero-order valence-corrected chi connectivity index (χ0v) is 15.6. The summed E-state index contributed by atoms with van der Waals surface area (Å²) in [6.45, 7) is 1.13. The first-order chi connectivity index (χ1) is 11.4. The van der Waals surface area contributed by atoms with E-state index < -0.39 is 10.0 Å². The summed E-state index contributed by atoms with van der Waals surface area (Å²) in [4.78, 5) is 14.3. The van der Waals surface area contributed by atoms with Gasteiger partial charge in [-0.05, 0) is 18.2 Å². The number of amides is 1. The van der Waals surface area contributed by atoms with Crippen LogP contribution >= 0.6 is 34.5 Å². The molecule has 0 aliphatic carbocycles. The molecule has 1 fully saturated rings. The number of rotatable bonds is 3. The van der Waals surface area contributed by atoms with E-state index in [9.17, 15) is 13.2 Å². The Kier molecular flexibility index (Phi) is 5.17. The van der Waals surface area contributed by atoms with Crippen molar-refractivity contribution in [3.8, 4) is 0 Å². The summed E-state index contributed by atoms with van der Waals surface area (Å²) in [7, 11) is -3.53. The van der Waals surface area contributed by atoms with Crippen LogP contribution in [0.25, 0.3) is 0 Å². The first-order valence-corrected chi connectivity index (χ1v) is 10.2. The molecule has 3 rings (SSSR count). The Morgan fingerprint density at radius 1 is 1.04 bits per heavy atom. The highest BCUT2D eigenvalue weighted by molar-refractivity contribution is 7.89. The van der Waals surface area contributed by atoms with E-state index in [2.05, 4.69) is 0 Å². The van der Waals surface area contributed by atoms with E-state index >= 15 is 0 Å². The third kappa shape index (κ3) is 3.45. The molecule has 0 saturated carbocycles. The van der Waals surface area contributed by atoms with E-state index in [1.807, 2.05) is 0 Å². The summed E-state index contributed by atoms with van der Waals surface area (Å²) >= 11 is 13.0. The third-order valence-electron chi connectivity index (χ3n) is 3.79. The van der Waals surface area contributed by atoms with Gasteiger partial charge in [-0.15, -0.1) is 11.3 Å². The van der Waals surface area contributed by atoms with Crippen LogP contribution in [0, 0.1) is 0 Å². The molecular formula is C15H14Cl2N2O3S2. The fourth-order valence-corrected chi connectivity index (χ4v) is 5.42. The van der Waals surface area contributed by atoms with Crippen molar-refractivity contribution >= 4 is 50.5 Å². The normalized spacial score (nSPS) is 16.3. The molecule has 0 spiro atoms. The van der Waals surface area contributed by atoms with Gasteiger partial charge in [-0.2, -0.15) is 4.31 Å². The van der Waals surface area contributed by atoms with Crippen LogP contribution in [-0.4, -0.2) is 49.7 Å². The van der Waals surface area contributed by atoms with E-state index in [4.69, 9.17) is 23.2 Å². The molecule has 0 radical (unpaired) electrons. The van der Waals surface area contributed by atoms with E-state index in [1.165, 1.54) is 4.31 Å². The molecule has 9 heteroatoms. The summed E-state index contributed by atoms with van der Waals surface area (Å²) in [5.74, 6) is -0.222. The van der Waals surface area contributed by atoms with Crippen molar-refractivity contribution in [1.29, 1.82) is 0 Å². The van der Waals surface area contributed by atoms with Crippen LogP contribution < -0.4 is 0 Å². The van der Waals surface area contributed by atoms with Crippen LogP contribution in [-0.2, 0) is 10.0 Å². The number of halogens is 2. The second kappa shape index (κ2) is 7.01. The molecule has 24 heavy (non-hydrogen) atoms. The highest BCUT2D eigenvalue weighted by Crippen LogP contribution is 2.32. The highest BCUT2D eigenvalue weighted by atomic mass is 35.5. The number of hydrogen-bond acceptors (Lipinski definition) is 4. The van der Waals surface area contributed by atoms with Crippen LogP contribution in [0.5, 0.6) is 0 Å². The maximum Gasteiger partial charge on any atom is 0.256 e. The summed E-state index contributed by atoms with van der Waals surface area (Å²) < 4.78 is 27.4. The number of benzene rings is 1. The smallest absolute Gasteiger partial charge is 0.256 e. The van der Waals surface area contributed by atoms with Gasteiger partial charge in [-0.25, -0.2) is 8.42 Å². The van der Waals surface area contributed by atoms with E-state index in [1.54, 1.807) is 41.3 Å². The van der Waals surface area contributed by atoms with Gasteiger partial charge in [0.1, 0.15) is 4.34 Å². The molecule has 5 nitrogen and oxygen atoms in total. The van der Waals surface area contributed by atoms with Crippen LogP contribution in [0.15, 0.2) is 41.3 Å². The summed E-state index contributed by atoms with van der Waals surface area (Å²) in [6, 6.07) is 9.83. The van der Waals surface area contributed by atoms with Crippen molar-refractivity contribution in [3.05, 3.63) is 50.6 Å². The van der Waals surface area contributed by atoms with Gasteiger partial charge in [0, 0.05) is 26.2 Å². The summed E-state index contributed by atoms with van der Waals surface area (Å²) in [6.07, 6.45) is 0. The lowest BCUT2D eigenvalue weighted by atomic mass is 10.2. The molecule has 0 unspecified atom stereocenters. The van der Waals surface area contributed by atoms with Crippen molar-refractivity contribution in [2.75, 3.05) is 26.2 Å². The van der Waals surface area contributed by atoms with Crippen molar-refractivity contribution in [2.24, 2.45) is 0 Å². The molecule has 1 aromatic carbocycles. The lowest BCUT2D eigenvalue weighted by Gasteiger charge is -2.34. The second-order valence-corrected chi connectivity index (χ2v) is 9.47. The Morgan fingerprint density at radius 3 is 2.21 bits per heavy atom. The van der Waals surface area contributed by atoms with Crippen molar-refractivity contribution < 1.29 is 13.2 Å². The van der Waals surface area contributed by atoms with Crippen molar-refractivity contribution in [3.63, 3.8) is 0 Å². The molecule has 1 aliphatic heterocycles. The van der Waals surface area contributed by atoms with Crippen molar-refractivity contribution in [2.45, 2.75) is 4.90 Å². The number of carbonyl (C=O) groups excluding carboxylic acids is 1. The Hall–Kier alpha value is -1.12. The number of thiophene rings is 1. The minimum Gasteiger partial charge on any atom is -0.336 e. The minimum atomic E-state index is -3.53. The second-order valence-electron chi connectivity index (χ2n) is 5.25. The molecule has 1 aliphatic rings. The zero-order chi connectivity index (χ0) is 17.3. The molecule has 0 N–H and O–H groups in total. The molecule has 1 aromatic heterocycles. The topological polar surface area (TPSA) is 57.7 Å². The van der Waals surface area contributed by atoms with E-state index in [-0.39, 0.29) is 23.9 Å². The van der Waals surface area contributed by atoms with Crippen LogP contribution in [0.1, 0.15) is 10.4 Å². The van der Waals surface area contributed by atoms with Crippen molar-refractivity contribution in [1.82, 2.24) is 9.21 Å². The predicted molar refractivity (Wildman–Crippen MR) is 95.4 cm³/mol. The number of sulfonamides is 1. The largest absolute Gasteiger partial charge is 0.336 e. The van der Waals surface area contributed by atoms with Crippen LogP contribution in [0.2, 0.25) is 8.67 Å².